The third-order valence-electron chi connectivity index (χ3n) is 1.65. The number of hydrogen-bond acceptors (Lipinski definition) is 3. The van der Waals surface area contributed by atoms with E-state index in [1.54, 1.807) is 6.92 Å². The molecule has 0 radical (unpaired) electrons. The van der Waals surface area contributed by atoms with Crippen LogP contribution in [-0.4, -0.2) is 17.9 Å². The molecule has 5 heteroatoms. The van der Waals surface area contributed by atoms with Crippen LogP contribution >= 0.6 is 0 Å². The molecule has 0 rings (SSSR count). The normalized spacial score (nSPS) is 13.9. The van der Waals surface area contributed by atoms with Crippen molar-refractivity contribution in [2.45, 2.75) is 26.3 Å². The zero-order chi connectivity index (χ0) is 10.4. The van der Waals surface area contributed by atoms with Crippen LogP contribution in [0.4, 0.5) is 0 Å². The summed E-state index contributed by atoms with van der Waals surface area (Å²) in [6.07, 6.45) is 0.188. The van der Waals surface area contributed by atoms with Crippen LogP contribution in [0.2, 0.25) is 0 Å². The van der Waals surface area contributed by atoms with Crippen LogP contribution in [0.5, 0.6) is 0 Å². The molecule has 0 aromatic heterocycles. The number of rotatable bonds is 4. The van der Waals surface area contributed by atoms with Crippen molar-refractivity contribution in [2.75, 3.05) is 0 Å². The molecule has 0 saturated carbocycles. The third kappa shape index (κ3) is 4.11. The van der Waals surface area contributed by atoms with Crippen molar-refractivity contribution in [3.8, 4) is 6.07 Å². The van der Waals surface area contributed by atoms with Crippen LogP contribution in [0.25, 0.3) is 0 Å². The molecule has 0 heterocycles. The highest BCUT2D eigenvalue weighted by molar-refractivity contribution is 5.85. The summed E-state index contributed by atoms with van der Waals surface area (Å²) in [7, 11) is 0. The molecule has 0 aromatic carbocycles. The molecule has 5 nitrogen and oxygen atoms in total. The van der Waals surface area contributed by atoms with Gasteiger partial charge in [0.25, 0.3) is 0 Å². The van der Waals surface area contributed by atoms with Gasteiger partial charge in [-0.3, -0.25) is 9.59 Å². The van der Waals surface area contributed by atoms with Gasteiger partial charge in [0, 0.05) is 13.3 Å². The molecule has 0 aliphatic carbocycles. The molecule has 0 aliphatic heterocycles. The fourth-order valence-corrected chi connectivity index (χ4v) is 0.975. The molecule has 2 amide bonds. The van der Waals surface area contributed by atoms with Gasteiger partial charge in [0.1, 0.15) is 6.04 Å². The Kier molecular flexibility index (Phi) is 4.52. The summed E-state index contributed by atoms with van der Waals surface area (Å²) in [5.41, 5.74) is 5.05. The van der Waals surface area contributed by atoms with Crippen molar-refractivity contribution in [3.05, 3.63) is 0 Å². The summed E-state index contributed by atoms with van der Waals surface area (Å²) in [6, 6.07) is 1.16. The van der Waals surface area contributed by atoms with Gasteiger partial charge in [0.05, 0.1) is 6.07 Å². The van der Waals surface area contributed by atoms with Crippen molar-refractivity contribution in [2.24, 2.45) is 11.7 Å². The molecule has 3 N–H and O–H groups in total. The van der Waals surface area contributed by atoms with Gasteiger partial charge in [0.15, 0.2) is 0 Å². The lowest BCUT2D eigenvalue weighted by molar-refractivity contribution is -0.127. The van der Waals surface area contributed by atoms with E-state index in [2.05, 4.69) is 5.32 Å². The molecule has 0 fully saturated rings. The number of carbonyl (C=O) groups excluding carboxylic acids is 2. The monoisotopic (exact) mass is 183 g/mol. The molecule has 0 bridgehead atoms. The maximum absolute atomic E-state index is 10.8. The number of nitrogens with zero attached hydrogens (tertiary/aromatic N) is 1. The van der Waals surface area contributed by atoms with Crippen LogP contribution in [0, 0.1) is 17.2 Å². The Hall–Kier alpha value is -1.57. The van der Waals surface area contributed by atoms with E-state index in [4.69, 9.17) is 11.0 Å². The highest BCUT2D eigenvalue weighted by atomic mass is 16.2. The zero-order valence-corrected chi connectivity index (χ0v) is 7.70. The van der Waals surface area contributed by atoms with E-state index in [1.165, 1.54) is 6.92 Å². The van der Waals surface area contributed by atoms with Gasteiger partial charge in [-0.1, -0.05) is 6.92 Å². The smallest absolute Gasteiger partial charge is 0.240 e. The average molecular weight is 183 g/mol. The molecule has 0 unspecified atom stereocenters. The minimum absolute atomic E-state index is 0.188. The lowest BCUT2D eigenvalue weighted by Crippen LogP contribution is -2.47. The summed E-state index contributed by atoms with van der Waals surface area (Å²) in [4.78, 5) is 21.5. The first-order chi connectivity index (χ1) is 5.99. The number of nitrogens with one attached hydrogen (secondary N) is 1. The Balaban J connectivity index is 4.34. The van der Waals surface area contributed by atoms with Gasteiger partial charge < -0.3 is 11.1 Å². The minimum Gasteiger partial charge on any atom is -0.368 e. The standard InChI is InChI=1S/C8H13N3O2/c1-5(3-4-9)7(8(10)13)11-6(2)12/h5,7H,3H2,1-2H3,(H2,10,13)(H,11,12)/t5-,7+/m0/s1. The first-order valence-electron chi connectivity index (χ1n) is 3.92. The molecular weight excluding hydrogens is 170 g/mol. The Morgan fingerprint density at radius 1 is 1.62 bits per heavy atom. The van der Waals surface area contributed by atoms with E-state index in [1.807, 2.05) is 6.07 Å². The molecule has 0 spiro atoms. The number of primary amides is 1. The van der Waals surface area contributed by atoms with Crippen LogP contribution in [0.1, 0.15) is 20.3 Å². The quantitative estimate of drug-likeness (QED) is 0.616. The fourth-order valence-electron chi connectivity index (χ4n) is 0.975. The predicted molar refractivity (Wildman–Crippen MR) is 46.2 cm³/mol. The Morgan fingerprint density at radius 3 is 2.46 bits per heavy atom. The minimum atomic E-state index is -0.753. The van der Waals surface area contributed by atoms with Crippen molar-refractivity contribution in [3.63, 3.8) is 0 Å². The summed E-state index contributed by atoms with van der Waals surface area (Å²) in [5.74, 6) is -1.20. The van der Waals surface area contributed by atoms with Crippen LogP contribution in [-0.2, 0) is 9.59 Å². The highest BCUT2D eigenvalue weighted by Gasteiger charge is 2.23. The zero-order valence-electron chi connectivity index (χ0n) is 7.70. The van der Waals surface area contributed by atoms with E-state index in [9.17, 15) is 9.59 Å². The van der Waals surface area contributed by atoms with Crippen molar-refractivity contribution >= 4 is 11.8 Å². The SMILES string of the molecule is CC(=O)N[C@@H](C(N)=O)[C@@H](C)CC#N. The van der Waals surface area contributed by atoms with E-state index < -0.39 is 11.9 Å². The molecule has 0 saturated heterocycles. The third-order valence-corrected chi connectivity index (χ3v) is 1.65. The number of nitriles is 1. The Labute approximate surface area is 76.9 Å². The number of amides is 2. The van der Waals surface area contributed by atoms with Gasteiger partial charge in [0.2, 0.25) is 11.8 Å². The lowest BCUT2D eigenvalue weighted by Gasteiger charge is -2.18. The molecule has 0 aromatic rings. The van der Waals surface area contributed by atoms with E-state index in [0.717, 1.165) is 0 Å². The largest absolute Gasteiger partial charge is 0.368 e. The van der Waals surface area contributed by atoms with E-state index in [0.29, 0.717) is 0 Å². The van der Waals surface area contributed by atoms with E-state index >= 15 is 0 Å². The summed E-state index contributed by atoms with van der Waals surface area (Å²) < 4.78 is 0. The lowest BCUT2D eigenvalue weighted by atomic mass is 9.98. The topological polar surface area (TPSA) is 96.0 Å². The highest BCUT2D eigenvalue weighted by Crippen LogP contribution is 2.06. The van der Waals surface area contributed by atoms with Gasteiger partial charge >= 0.3 is 0 Å². The van der Waals surface area contributed by atoms with Crippen LogP contribution < -0.4 is 11.1 Å². The van der Waals surface area contributed by atoms with Gasteiger partial charge in [-0.15, -0.1) is 0 Å². The van der Waals surface area contributed by atoms with Gasteiger partial charge in [-0.05, 0) is 5.92 Å². The molecule has 2 atom stereocenters. The second-order valence-corrected chi connectivity index (χ2v) is 2.92. The number of hydrogen-bond donors (Lipinski definition) is 2. The van der Waals surface area contributed by atoms with Gasteiger partial charge in [-0.25, -0.2) is 0 Å². The number of carbonyl (C=O) groups is 2. The number of nitrogens with two attached hydrogens (primary N) is 1. The fraction of sp³-hybridized carbons (Fsp3) is 0.625. The van der Waals surface area contributed by atoms with Crippen LogP contribution in [0.3, 0.4) is 0 Å². The second-order valence-electron chi connectivity index (χ2n) is 2.92. The van der Waals surface area contributed by atoms with Crippen molar-refractivity contribution in [1.82, 2.24) is 5.32 Å². The summed E-state index contributed by atoms with van der Waals surface area (Å²) >= 11 is 0. The molecule has 13 heavy (non-hydrogen) atoms. The predicted octanol–water partition coefficient (Wildman–Crippen LogP) is -0.474. The van der Waals surface area contributed by atoms with Crippen molar-refractivity contribution < 1.29 is 9.59 Å². The molecule has 0 aliphatic rings. The summed E-state index contributed by atoms with van der Waals surface area (Å²) in [5, 5.41) is 10.8. The van der Waals surface area contributed by atoms with Crippen LogP contribution in [0.15, 0.2) is 0 Å². The maximum atomic E-state index is 10.8. The first-order valence-corrected chi connectivity index (χ1v) is 3.92. The first kappa shape index (κ1) is 11.4. The van der Waals surface area contributed by atoms with Crippen molar-refractivity contribution in [1.29, 1.82) is 5.26 Å². The molecular formula is C8H13N3O2. The summed E-state index contributed by atoms with van der Waals surface area (Å²) in [6.45, 7) is 2.99. The average Bonchev–Trinajstić information content (AvgIpc) is 1.99. The molecule has 72 valence electrons. The van der Waals surface area contributed by atoms with E-state index in [-0.39, 0.29) is 18.2 Å². The van der Waals surface area contributed by atoms with Gasteiger partial charge in [-0.2, -0.15) is 5.26 Å². The Morgan fingerprint density at radius 2 is 2.15 bits per heavy atom. The Bertz CT molecular complexity index is 244. The maximum Gasteiger partial charge on any atom is 0.240 e. The second kappa shape index (κ2) is 5.14.